The third-order valence-electron chi connectivity index (χ3n) is 4.39. The standard InChI is InChI=1S/C19H32N4O3.HI/c1-5-20-19(21-6-2)22-14-16(23-9-11-26-12-10-23)15-7-8-17(24-3)18(13-15)25-4;/h7-8,13,16H,5-6,9-12,14H2,1-4H3,(H2,20,21,22);1H. The number of aliphatic imine (C=N–C) groups is 1. The van der Waals surface area contributed by atoms with Crippen molar-refractivity contribution >= 4 is 29.9 Å². The predicted octanol–water partition coefficient (Wildman–Crippen LogP) is 2.27. The monoisotopic (exact) mass is 492 g/mol. The molecule has 0 radical (unpaired) electrons. The zero-order chi connectivity index (χ0) is 18.8. The highest BCUT2D eigenvalue weighted by Crippen LogP contribution is 2.32. The third kappa shape index (κ3) is 7.00. The molecule has 154 valence electrons. The van der Waals surface area contributed by atoms with Crippen LogP contribution in [0, 0.1) is 0 Å². The summed E-state index contributed by atoms with van der Waals surface area (Å²) in [7, 11) is 3.32. The van der Waals surface area contributed by atoms with Gasteiger partial charge in [0, 0.05) is 26.2 Å². The Kier molecular flexibility index (Phi) is 11.5. The highest BCUT2D eigenvalue weighted by Gasteiger charge is 2.23. The molecule has 0 aliphatic carbocycles. The van der Waals surface area contributed by atoms with Crippen molar-refractivity contribution in [2.75, 3.05) is 60.2 Å². The first-order valence-corrected chi connectivity index (χ1v) is 9.29. The molecule has 0 saturated carbocycles. The van der Waals surface area contributed by atoms with E-state index in [1.54, 1.807) is 14.2 Å². The molecular weight excluding hydrogens is 459 g/mol. The molecule has 1 aromatic carbocycles. The van der Waals surface area contributed by atoms with E-state index in [1.165, 1.54) is 5.56 Å². The number of morpholine rings is 1. The Morgan fingerprint density at radius 3 is 2.30 bits per heavy atom. The Morgan fingerprint density at radius 2 is 1.74 bits per heavy atom. The predicted molar refractivity (Wildman–Crippen MR) is 120 cm³/mol. The van der Waals surface area contributed by atoms with E-state index in [4.69, 9.17) is 19.2 Å². The van der Waals surface area contributed by atoms with Gasteiger partial charge in [0.15, 0.2) is 17.5 Å². The number of methoxy groups -OCH3 is 2. The molecule has 2 N–H and O–H groups in total. The number of ether oxygens (including phenoxy) is 3. The molecule has 1 atom stereocenters. The second kappa shape index (κ2) is 13.0. The number of guanidine groups is 1. The molecule has 1 saturated heterocycles. The molecular formula is C19H33IN4O3. The average Bonchev–Trinajstić information content (AvgIpc) is 2.69. The minimum Gasteiger partial charge on any atom is -0.493 e. The van der Waals surface area contributed by atoms with E-state index in [0.29, 0.717) is 6.54 Å². The van der Waals surface area contributed by atoms with Gasteiger partial charge in [-0.05, 0) is 31.5 Å². The highest BCUT2D eigenvalue weighted by molar-refractivity contribution is 14.0. The van der Waals surface area contributed by atoms with Crippen LogP contribution in [0.25, 0.3) is 0 Å². The first-order valence-electron chi connectivity index (χ1n) is 9.29. The fourth-order valence-electron chi connectivity index (χ4n) is 3.07. The van der Waals surface area contributed by atoms with Gasteiger partial charge in [-0.15, -0.1) is 24.0 Å². The van der Waals surface area contributed by atoms with Gasteiger partial charge in [0.1, 0.15) is 0 Å². The molecule has 1 aromatic rings. The fraction of sp³-hybridized carbons (Fsp3) is 0.632. The third-order valence-corrected chi connectivity index (χ3v) is 4.39. The van der Waals surface area contributed by atoms with Crippen LogP contribution in [-0.4, -0.2) is 71.0 Å². The van der Waals surface area contributed by atoms with Gasteiger partial charge in [0.25, 0.3) is 0 Å². The van der Waals surface area contributed by atoms with Crippen LogP contribution in [0.1, 0.15) is 25.5 Å². The molecule has 1 aliphatic rings. The van der Waals surface area contributed by atoms with Crippen molar-refractivity contribution in [1.29, 1.82) is 0 Å². The summed E-state index contributed by atoms with van der Waals surface area (Å²) in [4.78, 5) is 7.21. The van der Waals surface area contributed by atoms with E-state index < -0.39 is 0 Å². The van der Waals surface area contributed by atoms with Crippen molar-refractivity contribution in [2.45, 2.75) is 19.9 Å². The summed E-state index contributed by atoms with van der Waals surface area (Å²) in [6.07, 6.45) is 0. The normalized spacial score (nSPS) is 15.3. The molecule has 8 heteroatoms. The SMILES string of the molecule is CCNC(=NCC(c1ccc(OC)c(OC)c1)N1CCOCC1)NCC.I. The van der Waals surface area contributed by atoms with Crippen LogP contribution in [0.4, 0.5) is 0 Å². The Morgan fingerprint density at radius 1 is 1.11 bits per heavy atom. The van der Waals surface area contributed by atoms with Gasteiger partial charge >= 0.3 is 0 Å². The van der Waals surface area contributed by atoms with Crippen LogP contribution >= 0.6 is 24.0 Å². The van der Waals surface area contributed by atoms with Crippen LogP contribution < -0.4 is 20.1 Å². The fourth-order valence-corrected chi connectivity index (χ4v) is 3.07. The summed E-state index contributed by atoms with van der Waals surface area (Å²) in [6, 6.07) is 6.26. The van der Waals surface area contributed by atoms with Crippen LogP contribution in [0.5, 0.6) is 11.5 Å². The minimum atomic E-state index is 0. The Labute approximate surface area is 179 Å². The molecule has 0 amide bonds. The molecule has 27 heavy (non-hydrogen) atoms. The second-order valence-corrected chi connectivity index (χ2v) is 6.03. The number of benzene rings is 1. The summed E-state index contributed by atoms with van der Waals surface area (Å²) in [5.41, 5.74) is 1.17. The van der Waals surface area contributed by atoms with Crippen molar-refractivity contribution in [3.8, 4) is 11.5 Å². The maximum absolute atomic E-state index is 5.52. The molecule has 2 rings (SSSR count). The molecule has 1 unspecified atom stereocenters. The first kappa shape index (κ1) is 23.8. The minimum absolute atomic E-state index is 0. The number of nitrogens with one attached hydrogen (secondary N) is 2. The number of hydrogen-bond acceptors (Lipinski definition) is 5. The highest BCUT2D eigenvalue weighted by atomic mass is 127. The Hall–Kier alpha value is -1.26. The van der Waals surface area contributed by atoms with Crippen LogP contribution in [-0.2, 0) is 4.74 Å². The molecule has 0 aromatic heterocycles. The van der Waals surface area contributed by atoms with Gasteiger partial charge in [-0.1, -0.05) is 6.07 Å². The van der Waals surface area contributed by atoms with Crippen LogP contribution in [0.3, 0.4) is 0 Å². The average molecular weight is 492 g/mol. The smallest absolute Gasteiger partial charge is 0.191 e. The van der Waals surface area contributed by atoms with E-state index in [2.05, 4.69) is 41.5 Å². The van der Waals surface area contributed by atoms with E-state index in [9.17, 15) is 0 Å². The summed E-state index contributed by atoms with van der Waals surface area (Å²) in [5, 5.41) is 6.57. The molecule has 0 spiro atoms. The first-order chi connectivity index (χ1) is 12.7. The topological polar surface area (TPSA) is 67.4 Å². The number of hydrogen-bond donors (Lipinski definition) is 2. The lowest BCUT2D eigenvalue weighted by atomic mass is 10.0. The van der Waals surface area contributed by atoms with Crippen LogP contribution in [0.2, 0.25) is 0 Å². The molecule has 1 heterocycles. The van der Waals surface area contributed by atoms with E-state index in [-0.39, 0.29) is 30.0 Å². The van der Waals surface area contributed by atoms with Crippen molar-refractivity contribution in [3.63, 3.8) is 0 Å². The Bertz CT molecular complexity index is 572. The maximum Gasteiger partial charge on any atom is 0.191 e. The molecule has 1 aliphatic heterocycles. The van der Waals surface area contributed by atoms with Gasteiger partial charge in [-0.2, -0.15) is 0 Å². The largest absolute Gasteiger partial charge is 0.493 e. The van der Waals surface area contributed by atoms with Gasteiger partial charge < -0.3 is 24.8 Å². The summed E-state index contributed by atoms with van der Waals surface area (Å²) >= 11 is 0. The van der Waals surface area contributed by atoms with E-state index in [0.717, 1.165) is 56.9 Å². The zero-order valence-corrected chi connectivity index (χ0v) is 19.1. The van der Waals surface area contributed by atoms with Crippen molar-refractivity contribution in [2.24, 2.45) is 4.99 Å². The summed E-state index contributed by atoms with van der Waals surface area (Å²) < 4.78 is 16.4. The number of nitrogens with zero attached hydrogens (tertiary/aromatic N) is 2. The quantitative estimate of drug-likeness (QED) is 0.330. The lowest BCUT2D eigenvalue weighted by Crippen LogP contribution is -2.41. The lowest BCUT2D eigenvalue weighted by Gasteiger charge is -2.34. The zero-order valence-electron chi connectivity index (χ0n) is 16.8. The van der Waals surface area contributed by atoms with Crippen LogP contribution in [0.15, 0.2) is 23.2 Å². The van der Waals surface area contributed by atoms with Crippen molar-refractivity contribution in [3.05, 3.63) is 23.8 Å². The van der Waals surface area contributed by atoms with Gasteiger partial charge in [-0.3, -0.25) is 9.89 Å². The van der Waals surface area contributed by atoms with Gasteiger partial charge in [-0.25, -0.2) is 0 Å². The molecule has 7 nitrogen and oxygen atoms in total. The van der Waals surface area contributed by atoms with Gasteiger partial charge in [0.2, 0.25) is 0 Å². The Balaban J connectivity index is 0.00000364. The lowest BCUT2D eigenvalue weighted by molar-refractivity contribution is 0.0179. The molecule has 1 fully saturated rings. The summed E-state index contributed by atoms with van der Waals surface area (Å²) in [5.74, 6) is 2.32. The summed E-state index contributed by atoms with van der Waals surface area (Å²) in [6.45, 7) is 9.76. The van der Waals surface area contributed by atoms with Crippen molar-refractivity contribution < 1.29 is 14.2 Å². The number of rotatable bonds is 8. The van der Waals surface area contributed by atoms with Gasteiger partial charge in [0.05, 0.1) is 40.0 Å². The van der Waals surface area contributed by atoms with E-state index in [1.807, 2.05) is 6.07 Å². The second-order valence-electron chi connectivity index (χ2n) is 6.03. The molecule has 0 bridgehead atoms. The van der Waals surface area contributed by atoms with E-state index >= 15 is 0 Å². The van der Waals surface area contributed by atoms with Crippen molar-refractivity contribution in [1.82, 2.24) is 15.5 Å². The number of halogens is 1. The maximum atomic E-state index is 5.52.